The van der Waals surface area contributed by atoms with Crippen molar-refractivity contribution in [3.05, 3.63) is 53.5 Å². The Bertz CT molecular complexity index is 638. The summed E-state index contributed by atoms with van der Waals surface area (Å²) in [5.41, 5.74) is 3.72. The molecule has 1 aliphatic heterocycles. The molecule has 2 aromatic heterocycles. The fourth-order valence-corrected chi connectivity index (χ4v) is 2.90. The van der Waals surface area contributed by atoms with Crippen LogP contribution in [-0.4, -0.2) is 53.1 Å². The minimum atomic E-state index is 0.688. The Balaban J connectivity index is 1.51. The van der Waals surface area contributed by atoms with Gasteiger partial charge in [-0.05, 0) is 30.2 Å². The van der Waals surface area contributed by atoms with Crippen LogP contribution in [0.1, 0.15) is 16.8 Å². The van der Waals surface area contributed by atoms with E-state index in [2.05, 4.69) is 38.8 Å². The molecular formula is C18H24N4O. The minimum absolute atomic E-state index is 0.688. The van der Waals surface area contributed by atoms with Gasteiger partial charge in [-0.15, -0.1) is 0 Å². The lowest BCUT2D eigenvalue weighted by molar-refractivity contribution is 0.120. The summed E-state index contributed by atoms with van der Waals surface area (Å²) in [6.45, 7) is 8.33. The normalized spacial score (nSPS) is 16.4. The highest BCUT2D eigenvalue weighted by atomic mass is 16.5. The lowest BCUT2D eigenvalue weighted by atomic mass is 10.1. The van der Waals surface area contributed by atoms with E-state index >= 15 is 0 Å². The Labute approximate surface area is 137 Å². The van der Waals surface area contributed by atoms with E-state index in [1.54, 1.807) is 7.11 Å². The fourth-order valence-electron chi connectivity index (χ4n) is 2.90. The number of pyridine rings is 2. The molecule has 0 radical (unpaired) electrons. The molecule has 0 spiro atoms. The van der Waals surface area contributed by atoms with Crippen molar-refractivity contribution in [1.82, 2.24) is 19.8 Å². The van der Waals surface area contributed by atoms with Crippen LogP contribution in [0.2, 0.25) is 0 Å². The summed E-state index contributed by atoms with van der Waals surface area (Å²) >= 11 is 0. The second-order valence-electron chi connectivity index (χ2n) is 6.03. The van der Waals surface area contributed by atoms with Crippen LogP contribution in [0.15, 0.2) is 36.7 Å². The van der Waals surface area contributed by atoms with E-state index in [4.69, 9.17) is 4.74 Å². The molecule has 3 rings (SSSR count). The maximum absolute atomic E-state index is 5.19. The summed E-state index contributed by atoms with van der Waals surface area (Å²) in [6, 6.07) is 8.04. The van der Waals surface area contributed by atoms with Crippen molar-refractivity contribution < 1.29 is 4.74 Å². The summed E-state index contributed by atoms with van der Waals surface area (Å²) in [4.78, 5) is 13.7. The molecule has 5 heteroatoms. The van der Waals surface area contributed by atoms with Crippen molar-refractivity contribution in [3.63, 3.8) is 0 Å². The monoisotopic (exact) mass is 312 g/mol. The predicted molar refractivity (Wildman–Crippen MR) is 90.3 cm³/mol. The second-order valence-corrected chi connectivity index (χ2v) is 6.03. The highest BCUT2D eigenvalue weighted by Crippen LogP contribution is 2.14. The molecule has 0 atom stereocenters. The Morgan fingerprint density at radius 2 is 1.78 bits per heavy atom. The number of hydrogen-bond donors (Lipinski definition) is 0. The molecule has 0 aromatic carbocycles. The minimum Gasteiger partial charge on any atom is -0.481 e. The number of rotatable bonds is 5. The van der Waals surface area contributed by atoms with E-state index in [1.165, 1.54) is 11.1 Å². The van der Waals surface area contributed by atoms with E-state index in [0.29, 0.717) is 5.88 Å². The molecule has 122 valence electrons. The average Bonchev–Trinajstić information content (AvgIpc) is 2.59. The first-order valence-corrected chi connectivity index (χ1v) is 8.09. The lowest BCUT2D eigenvalue weighted by Crippen LogP contribution is -2.45. The highest BCUT2D eigenvalue weighted by molar-refractivity contribution is 5.21. The summed E-state index contributed by atoms with van der Waals surface area (Å²) in [5.74, 6) is 0.688. The molecule has 0 aliphatic carbocycles. The van der Waals surface area contributed by atoms with Crippen molar-refractivity contribution in [2.75, 3.05) is 33.3 Å². The zero-order valence-electron chi connectivity index (χ0n) is 13.9. The number of ether oxygens (including phenoxy) is 1. The third-order valence-corrected chi connectivity index (χ3v) is 4.38. The number of methoxy groups -OCH3 is 1. The Morgan fingerprint density at radius 1 is 1.04 bits per heavy atom. The van der Waals surface area contributed by atoms with Gasteiger partial charge in [0.1, 0.15) is 0 Å². The van der Waals surface area contributed by atoms with Crippen molar-refractivity contribution in [3.8, 4) is 5.88 Å². The first-order chi connectivity index (χ1) is 11.2. The van der Waals surface area contributed by atoms with E-state index in [9.17, 15) is 0 Å². The molecule has 3 heterocycles. The van der Waals surface area contributed by atoms with Gasteiger partial charge in [0.25, 0.3) is 0 Å². The molecule has 2 aromatic rings. The van der Waals surface area contributed by atoms with Gasteiger partial charge in [-0.1, -0.05) is 6.07 Å². The first kappa shape index (κ1) is 15.9. The molecule has 1 aliphatic rings. The third kappa shape index (κ3) is 4.27. The van der Waals surface area contributed by atoms with Crippen LogP contribution in [-0.2, 0) is 13.1 Å². The molecule has 0 bridgehead atoms. The van der Waals surface area contributed by atoms with Gasteiger partial charge in [0.15, 0.2) is 0 Å². The number of piperazine rings is 1. The third-order valence-electron chi connectivity index (χ3n) is 4.38. The van der Waals surface area contributed by atoms with Crippen LogP contribution in [0.4, 0.5) is 0 Å². The van der Waals surface area contributed by atoms with Crippen molar-refractivity contribution in [1.29, 1.82) is 0 Å². The van der Waals surface area contributed by atoms with Gasteiger partial charge in [-0.25, -0.2) is 4.98 Å². The number of nitrogens with zero attached hydrogens (tertiary/aromatic N) is 4. The van der Waals surface area contributed by atoms with Crippen LogP contribution in [0.3, 0.4) is 0 Å². The van der Waals surface area contributed by atoms with Crippen LogP contribution < -0.4 is 4.74 Å². The summed E-state index contributed by atoms with van der Waals surface area (Å²) in [5, 5.41) is 0. The van der Waals surface area contributed by atoms with Crippen molar-refractivity contribution in [2.45, 2.75) is 20.0 Å². The smallest absolute Gasteiger partial charge is 0.213 e. The number of hydrogen-bond acceptors (Lipinski definition) is 5. The molecule has 0 N–H and O–H groups in total. The molecule has 5 nitrogen and oxygen atoms in total. The van der Waals surface area contributed by atoms with E-state index in [-0.39, 0.29) is 0 Å². The zero-order chi connectivity index (χ0) is 16.1. The van der Waals surface area contributed by atoms with Crippen LogP contribution in [0.5, 0.6) is 5.88 Å². The van der Waals surface area contributed by atoms with Gasteiger partial charge in [0.2, 0.25) is 5.88 Å². The SMILES string of the molecule is COc1cccc(CN2CCN(Cc3cnccc3C)CC2)n1. The van der Waals surface area contributed by atoms with E-state index in [1.807, 2.05) is 24.5 Å². The van der Waals surface area contributed by atoms with Gasteiger partial charge >= 0.3 is 0 Å². The molecule has 0 unspecified atom stereocenters. The topological polar surface area (TPSA) is 41.5 Å². The molecule has 0 saturated carbocycles. The molecular weight excluding hydrogens is 288 g/mol. The zero-order valence-corrected chi connectivity index (χ0v) is 13.9. The largest absolute Gasteiger partial charge is 0.481 e. The maximum atomic E-state index is 5.19. The van der Waals surface area contributed by atoms with Gasteiger partial charge in [-0.2, -0.15) is 0 Å². The quantitative estimate of drug-likeness (QED) is 0.846. The Morgan fingerprint density at radius 3 is 2.48 bits per heavy atom. The fraction of sp³-hybridized carbons (Fsp3) is 0.444. The van der Waals surface area contributed by atoms with Crippen LogP contribution >= 0.6 is 0 Å². The maximum Gasteiger partial charge on any atom is 0.213 e. The number of aromatic nitrogens is 2. The highest BCUT2D eigenvalue weighted by Gasteiger charge is 2.18. The van der Waals surface area contributed by atoms with Crippen LogP contribution in [0, 0.1) is 6.92 Å². The first-order valence-electron chi connectivity index (χ1n) is 8.09. The molecule has 0 amide bonds. The molecule has 23 heavy (non-hydrogen) atoms. The summed E-state index contributed by atoms with van der Waals surface area (Å²) in [7, 11) is 1.66. The standard InChI is InChI=1S/C18H24N4O/c1-15-6-7-19-12-16(15)13-21-8-10-22(11-9-21)14-17-4-3-5-18(20-17)23-2/h3-7,12H,8-11,13-14H2,1-2H3. The van der Waals surface area contributed by atoms with E-state index < -0.39 is 0 Å². The van der Waals surface area contributed by atoms with Gasteiger partial charge in [0.05, 0.1) is 12.8 Å². The molecule has 1 saturated heterocycles. The summed E-state index contributed by atoms with van der Waals surface area (Å²) < 4.78 is 5.19. The van der Waals surface area contributed by atoms with Crippen molar-refractivity contribution in [2.24, 2.45) is 0 Å². The summed E-state index contributed by atoms with van der Waals surface area (Å²) in [6.07, 6.45) is 3.85. The van der Waals surface area contributed by atoms with E-state index in [0.717, 1.165) is 45.0 Å². The molecule has 1 fully saturated rings. The van der Waals surface area contributed by atoms with Gasteiger partial charge in [0, 0.05) is 57.7 Å². The lowest BCUT2D eigenvalue weighted by Gasteiger charge is -2.34. The van der Waals surface area contributed by atoms with Crippen LogP contribution in [0.25, 0.3) is 0 Å². The second kappa shape index (κ2) is 7.53. The van der Waals surface area contributed by atoms with Crippen molar-refractivity contribution >= 4 is 0 Å². The van der Waals surface area contributed by atoms with Gasteiger partial charge < -0.3 is 4.74 Å². The Kier molecular flexibility index (Phi) is 5.20. The number of aryl methyl sites for hydroxylation is 1. The Hall–Kier alpha value is -1.98. The predicted octanol–water partition coefficient (Wildman–Crippen LogP) is 2.11. The average molecular weight is 312 g/mol. The van der Waals surface area contributed by atoms with Gasteiger partial charge in [-0.3, -0.25) is 14.8 Å².